The van der Waals surface area contributed by atoms with E-state index < -0.39 is 0 Å². The Balaban J connectivity index is 1.82. The molecule has 0 saturated carbocycles. The van der Waals surface area contributed by atoms with Crippen LogP contribution >= 0.6 is 0 Å². The number of hydrazine groups is 1. The van der Waals surface area contributed by atoms with Crippen LogP contribution in [0.2, 0.25) is 0 Å². The highest BCUT2D eigenvalue weighted by Gasteiger charge is 2.16. The number of H-pyrrole nitrogens is 1. The number of hydrogen-bond donors (Lipinski definition) is 2. The number of rotatable bonds is 4. The minimum absolute atomic E-state index is 0.0419. The summed E-state index contributed by atoms with van der Waals surface area (Å²) in [6, 6.07) is 0. The first-order valence-corrected chi connectivity index (χ1v) is 6.96. The van der Waals surface area contributed by atoms with Gasteiger partial charge in [0, 0.05) is 50.5 Å². The maximum atomic E-state index is 11.9. The number of hydrogen-bond acceptors (Lipinski definition) is 4. The van der Waals surface area contributed by atoms with Crippen LogP contribution in [0.4, 0.5) is 0 Å². The topological polar surface area (TPSA) is 73.4 Å². The van der Waals surface area contributed by atoms with Crippen molar-refractivity contribution in [2.24, 2.45) is 0 Å². The smallest absolute Gasteiger partial charge is 0.310 e. The van der Waals surface area contributed by atoms with Gasteiger partial charge in [-0.1, -0.05) is 0 Å². The summed E-state index contributed by atoms with van der Waals surface area (Å²) in [6.07, 6.45) is 0.310. The van der Waals surface area contributed by atoms with Gasteiger partial charge in [0.15, 0.2) is 0 Å². The van der Waals surface area contributed by atoms with E-state index in [-0.39, 0.29) is 11.6 Å². The minimum Gasteiger partial charge on any atom is -0.310 e. The molecule has 0 spiro atoms. The van der Waals surface area contributed by atoms with Gasteiger partial charge in [-0.15, -0.1) is 0 Å². The molecule has 0 radical (unpaired) electrons. The minimum atomic E-state index is -0.146. The maximum Gasteiger partial charge on any atom is 0.325 e. The summed E-state index contributed by atoms with van der Waals surface area (Å²) in [5, 5.41) is 1.94. The second kappa shape index (κ2) is 6.23. The van der Waals surface area contributed by atoms with Crippen molar-refractivity contribution in [2.75, 3.05) is 33.2 Å². The number of carbonyl (C=O) groups excluding carboxylic acids is 1. The van der Waals surface area contributed by atoms with Gasteiger partial charge in [-0.3, -0.25) is 14.8 Å². The highest BCUT2D eigenvalue weighted by atomic mass is 16.2. The van der Waals surface area contributed by atoms with Gasteiger partial charge in [0.05, 0.1) is 0 Å². The van der Waals surface area contributed by atoms with E-state index in [9.17, 15) is 9.59 Å². The molecule has 2 N–H and O–H groups in total. The SMILES string of the molecule is Cc1[nH]c(=O)n(CCC(=O)NN2CCN(C)CC2)c1C. The number of aryl methyl sites for hydroxylation is 1. The molecule has 7 heteroatoms. The van der Waals surface area contributed by atoms with Crippen LogP contribution in [-0.4, -0.2) is 58.6 Å². The van der Waals surface area contributed by atoms with Gasteiger partial charge in [-0.2, -0.15) is 0 Å². The molecule has 20 heavy (non-hydrogen) atoms. The molecule has 0 aromatic carbocycles. The van der Waals surface area contributed by atoms with Crippen LogP contribution in [0, 0.1) is 13.8 Å². The molecule has 2 heterocycles. The number of likely N-dealkylation sites (N-methyl/N-ethyl adjacent to an activating group) is 1. The van der Waals surface area contributed by atoms with Crippen molar-refractivity contribution >= 4 is 5.91 Å². The number of aromatic amines is 1. The normalized spacial score (nSPS) is 17.4. The highest BCUT2D eigenvalue weighted by Crippen LogP contribution is 2.01. The lowest BCUT2D eigenvalue weighted by Gasteiger charge is -2.32. The molecule has 0 aliphatic carbocycles. The van der Waals surface area contributed by atoms with Crippen LogP contribution in [0.15, 0.2) is 4.79 Å². The second-order valence-electron chi connectivity index (χ2n) is 5.37. The zero-order valence-corrected chi connectivity index (χ0v) is 12.4. The molecule has 0 unspecified atom stereocenters. The number of carbonyl (C=O) groups is 1. The monoisotopic (exact) mass is 281 g/mol. The first kappa shape index (κ1) is 14.8. The van der Waals surface area contributed by atoms with Crippen molar-refractivity contribution in [1.29, 1.82) is 0 Å². The van der Waals surface area contributed by atoms with Gasteiger partial charge in [0.2, 0.25) is 5.91 Å². The molecule has 1 aromatic heterocycles. The fraction of sp³-hybridized carbons (Fsp3) is 0.692. The third kappa shape index (κ3) is 3.49. The third-order valence-corrected chi connectivity index (χ3v) is 3.84. The predicted octanol–water partition coefficient (Wildman–Crippen LogP) is -0.538. The van der Waals surface area contributed by atoms with Crippen LogP contribution in [-0.2, 0) is 11.3 Å². The fourth-order valence-electron chi connectivity index (χ4n) is 2.31. The predicted molar refractivity (Wildman–Crippen MR) is 76.4 cm³/mol. The van der Waals surface area contributed by atoms with Crippen molar-refractivity contribution < 1.29 is 4.79 Å². The molecule has 7 nitrogen and oxygen atoms in total. The average molecular weight is 281 g/mol. The standard InChI is InChI=1S/C13H23N5O2/c1-10-11(2)18(13(20)14-10)5-4-12(19)15-17-8-6-16(3)7-9-17/h4-9H2,1-3H3,(H,14,20)(H,15,19). The number of imidazole rings is 1. The number of nitrogens with zero attached hydrogens (tertiary/aromatic N) is 3. The molecule has 1 amide bonds. The molecule has 0 atom stereocenters. The zero-order valence-electron chi connectivity index (χ0n) is 12.4. The van der Waals surface area contributed by atoms with E-state index in [2.05, 4.69) is 22.4 Å². The van der Waals surface area contributed by atoms with E-state index >= 15 is 0 Å². The Morgan fingerprint density at radius 3 is 2.45 bits per heavy atom. The lowest BCUT2D eigenvalue weighted by Crippen LogP contribution is -2.52. The summed E-state index contributed by atoms with van der Waals surface area (Å²) in [7, 11) is 2.07. The Morgan fingerprint density at radius 2 is 1.90 bits per heavy atom. The summed E-state index contributed by atoms with van der Waals surface area (Å²) in [6.45, 7) is 7.73. The van der Waals surface area contributed by atoms with Crippen LogP contribution in [0.1, 0.15) is 17.8 Å². The van der Waals surface area contributed by atoms with Crippen molar-refractivity contribution in [2.45, 2.75) is 26.8 Å². The van der Waals surface area contributed by atoms with E-state index in [1.807, 2.05) is 18.9 Å². The lowest BCUT2D eigenvalue weighted by atomic mass is 10.3. The van der Waals surface area contributed by atoms with E-state index in [1.165, 1.54) is 0 Å². The van der Waals surface area contributed by atoms with Crippen molar-refractivity contribution in [3.05, 3.63) is 21.9 Å². The maximum absolute atomic E-state index is 11.9. The average Bonchev–Trinajstić information content (AvgIpc) is 2.64. The first-order valence-electron chi connectivity index (χ1n) is 6.96. The van der Waals surface area contributed by atoms with Crippen LogP contribution < -0.4 is 11.1 Å². The summed E-state index contributed by atoms with van der Waals surface area (Å²) in [5.41, 5.74) is 4.50. The Hall–Kier alpha value is -1.60. The van der Waals surface area contributed by atoms with E-state index in [1.54, 1.807) is 4.57 Å². The number of amides is 1. The summed E-state index contributed by atoms with van der Waals surface area (Å²) in [5.74, 6) is -0.0419. The van der Waals surface area contributed by atoms with Crippen molar-refractivity contribution in [3.8, 4) is 0 Å². The van der Waals surface area contributed by atoms with Gasteiger partial charge in [-0.05, 0) is 20.9 Å². The summed E-state index contributed by atoms with van der Waals surface area (Å²) < 4.78 is 1.61. The van der Waals surface area contributed by atoms with Crippen LogP contribution in [0.3, 0.4) is 0 Å². The van der Waals surface area contributed by atoms with Crippen molar-refractivity contribution in [1.82, 2.24) is 24.9 Å². The van der Waals surface area contributed by atoms with Gasteiger partial charge in [0.25, 0.3) is 0 Å². The molecule has 112 valence electrons. The summed E-state index contributed by atoms with van der Waals surface area (Å²) >= 11 is 0. The molecule has 0 bridgehead atoms. The van der Waals surface area contributed by atoms with E-state index in [0.717, 1.165) is 37.6 Å². The summed E-state index contributed by atoms with van der Waals surface area (Å²) in [4.78, 5) is 28.5. The molecule has 1 aromatic rings. The van der Waals surface area contributed by atoms with Crippen LogP contribution in [0.5, 0.6) is 0 Å². The van der Waals surface area contributed by atoms with Gasteiger partial charge in [0.1, 0.15) is 0 Å². The van der Waals surface area contributed by atoms with Gasteiger partial charge in [-0.25, -0.2) is 9.80 Å². The Kier molecular flexibility index (Phi) is 4.61. The molecule has 1 saturated heterocycles. The Morgan fingerprint density at radius 1 is 1.25 bits per heavy atom. The number of aromatic nitrogens is 2. The molecule has 2 rings (SSSR count). The molecule has 1 aliphatic rings. The molecule has 1 aliphatic heterocycles. The molecular weight excluding hydrogens is 258 g/mol. The number of piperazine rings is 1. The highest BCUT2D eigenvalue weighted by molar-refractivity contribution is 5.75. The Labute approximate surface area is 118 Å². The molecule has 1 fully saturated rings. The quantitative estimate of drug-likeness (QED) is 0.777. The lowest BCUT2D eigenvalue weighted by molar-refractivity contribution is -0.126. The van der Waals surface area contributed by atoms with Gasteiger partial charge >= 0.3 is 5.69 Å². The Bertz CT molecular complexity index is 525. The van der Waals surface area contributed by atoms with E-state index in [0.29, 0.717) is 13.0 Å². The van der Waals surface area contributed by atoms with E-state index in [4.69, 9.17) is 0 Å². The fourth-order valence-corrected chi connectivity index (χ4v) is 2.31. The second-order valence-corrected chi connectivity index (χ2v) is 5.37. The third-order valence-electron chi connectivity index (χ3n) is 3.84. The number of nitrogens with one attached hydrogen (secondary N) is 2. The van der Waals surface area contributed by atoms with Crippen LogP contribution in [0.25, 0.3) is 0 Å². The van der Waals surface area contributed by atoms with Gasteiger partial charge < -0.3 is 9.88 Å². The molecular formula is C13H23N5O2. The zero-order chi connectivity index (χ0) is 14.7. The van der Waals surface area contributed by atoms with Crippen molar-refractivity contribution in [3.63, 3.8) is 0 Å². The largest absolute Gasteiger partial charge is 0.325 e. The first-order chi connectivity index (χ1) is 9.47.